The first-order valence-electron chi connectivity index (χ1n) is 9.10. The Labute approximate surface area is 150 Å². The second-order valence-electron chi connectivity index (χ2n) is 6.93. The molecule has 0 saturated heterocycles. The van der Waals surface area contributed by atoms with Crippen LogP contribution in [0, 0.1) is 0 Å². The van der Waals surface area contributed by atoms with Gasteiger partial charge in [-0.25, -0.2) is 9.97 Å². The number of aromatic nitrogens is 2. The Bertz CT molecular complexity index is 677. The molecule has 0 radical (unpaired) electrons. The van der Waals surface area contributed by atoms with Crippen LogP contribution < -0.4 is 0 Å². The highest BCUT2D eigenvalue weighted by Crippen LogP contribution is 2.17. The molecule has 1 N–H and O–H groups in total. The van der Waals surface area contributed by atoms with Crippen LogP contribution in [0.4, 0.5) is 0 Å². The van der Waals surface area contributed by atoms with E-state index in [2.05, 4.69) is 58.0 Å². The van der Waals surface area contributed by atoms with E-state index < -0.39 is 0 Å². The molecule has 25 heavy (non-hydrogen) atoms. The van der Waals surface area contributed by atoms with Crippen LogP contribution in [0.2, 0.25) is 0 Å². The van der Waals surface area contributed by atoms with Crippen molar-refractivity contribution in [3.63, 3.8) is 0 Å². The Morgan fingerprint density at radius 3 is 2.84 bits per heavy atom. The minimum absolute atomic E-state index is 0.359. The molecule has 0 fully saturated rings. The van der Waals surface area contributed by atoms with E-state index >= 15 is 0 Å². The Kier molecular flexibility index (Phi) is 6.13. The number of aliphatic hydroxyl groups excluding tert-OH is 1. The molecular formula is C20H28N4O. The van der Waals surface area contributed by atoms with Crippen LogP contribution in [0.1, 0.15) is 29.6 Å². The number of hydrogen-bond acceptors (Lipinski definition) is 5. The molecular weight excluding hydrogens is 312 g/mol. The van der Waals surface area contributed by atoms with Gasteiger partial charge in [-0.1, -0.05) is 37.3 Å². The van der Waals surface area contributed by atoms with Crippen LogP contribution in [0.3, 0.4) is 0 Å². The van der Waals surface area contributed by atoms with Crippen molar-refractivity contribution in [3.8, 4) is 0 Å². The zero-order valence-electron chi connectivity index (χ0n) is 15.2. The van der Waals surface area contributed by atoms with Gasteiger partial charge in [-0.05, 0) is 24.6 Å². The number of aryl methyl sites for hydroxylation is 1. The molecule has 0 saturated carbocycles. The second-order valence-corrected chi connectivity index (χ2v) is 6.93. The lowest BCUT2D eigenvalue weighted by Gasteiger charge is -2.31. The van der Waals surface area contributed by atoms with Gasteiger partial charge >= 0.3 is 0 Å². The molecule has 0 aliphatic carbocycles. The molecule has 0 unspecified atom stereocenters. The van der Waals surface area contributed by atoms with E-state index in [1.807, 2.05) is 12.3 Å². The lowest BCUT2D eigenvalue weighted by Crippen LogP contribution is -2.41. The number of β-amino-alcohol motifs (C(OH)–C–C–N with tert-alkyl or cyclic N) is 1. The quantitative estimate of drug-likeness (QED) is 0.834. The predicted molar refractivity (Wildman–Crippen MR) is 99.2 cm³/mol. The first-order chi connectivity index (χ1) is 12.1. The third-order valence-corrected chi connectivity index (χ3v) is 4.68. The zero-order chi connectivity index (χ0) is 17.6. The first-order valence-corrected chi connectivity index (χ1v) is 9.10. The summed E-state index contributed by atoms with van der Waals surface area (Å²) in [6, 6.07) is 10.4. The molecule has 0 amide bonds. The van der Waals surface area contributed by atoms with Crippen molar-refractivity contribution < 1.29 is 5.11 Å². The van der Waals surface area contributed by atoms with Gasteiger partial charge in [-0.3, -0.25) is 9.80 Å². The molecule has 5 nitrogen and oxygen atoms in total. The zero-order valence-corrected chi connectivity index (χ0v) is 15.2. The topological polar surface area (TPSA) is 52.5 Å². The summed E-state index contributed by atoms with van der Waals surface area (Å²) in [6.45, 7) is 6.06. The molecule has 1 aliphatic rings. The molecule has 134 valence electrons. The van der Waals surface area contributed by atoms with Gasteiger partial charge in [0.2, 0.25) is 0 Å². The van der Waals surface area contributed by atoms with E-state index in [1.165, 1.54) is 11.1 Å². The summed E-state index contributed by atoms with van der Waals surface area (Å²) >= 11 is 0. The minimum atomic E-state index is -0.359. The van der Waals surface area contributed by atoms with Gasteiger partial charge in [0.1, 0.15) is 5.82 Å². The average Bonchev–Trinajstić information content (AvgIpc) is 2.61. The normalized spacial score (nSPS) is 16.0. The number of nitrogens with zero attached hydrogens (tertiary/aromatic N) is 4. The van der Waals surface area contributed by atoms with Crippen molar-refractivity contribution in [2.75, 3.05) is 26.7 Å². The number of benzene rings is 1. The third-order valence-electron chi connectivity index (χ3n) is 4.68. The highest BCUT2D eigenvalue weighted by Gasteiger charge is 2.21. The van der Waals surface area contributed by atoms with Gasteiger partial charge in [0.15, 0.2) is 0 Å². The van der Waals surface area contributed by atoms with Crippen LogP contribution in [0.5, 0.6) is 0 Å². The largest absolute Gasteiger partial charge is 0.390 e. The Morgan fingerprint density at radius 1 is 1.28 bits per heavy atom. The van der Waals surface area contributed by atoms with Crippen molar-refractivity contribution in [2.24, 2.45) is 0 Å². The van der Waals surface area contributed by atoms with E-state index in [4.69, 9.17) is 0 Å². The van der Waals surface area contributed by atoms with E-state index in [0.29, 0.717) is 13.1 Å². The fourth-order valence-corrected chi connectivity index (χ4v) is 3.40. The van der Waals surface area contributed by atoms with Gasteiger partial charge in [0.05, 0.1) is 11.8 Å². The summed E-state index contributed by atoms with van der Waals surface area (Å²) in [5.41, 5.74) is 3.65. The lowest BCUT2D eigenvalue weighted by atomic mass is 10.1. The summed E-state index contributed by atoms with van der Waals surface area (Å²) in [4.78, 5) is 13.5. The van der Waals surface area contributed by atoms with Crippen LogP contribution in [0.15, 0.2) is 36.5 Å². The monoisotopic (exact) mass is 340 g/mol. The number of rotatable bonds is 7. The van der Waals surface area contributed by atoms with Gasteiger partial charge < -0.3 is 5.11 Å². The van der Waals surface area contributed by atoms with Crippen molar-refractivity contribution in [1.29, 1.82) is 0 Å². The molecule has 5 heteroatoms. The highest BCUT2D eigenvalue weighted by molar-refractivity contribution is 5.20. The summed E-state index contributed by atoms with van der Waals surface area (Å²) in [7, 11) is 2.06. The van der Waals surface area contributed by atoms with E-state index in [-0.39, 0.29) is 6.10 Å². The fraction of sp³-hybridized carbons (Fsp3) is 0.500. The summed E-state index contributed by atoms with van der Waals surface area (Å²) in [6.07, 6.45) is 3.44. The smallest absolute Gasteiger partial charge is 0.128 e. The Balaban J connectivity index is 1.50. The van der Waals surface area contributed by atoms with Gasteiger partial charge in [-0.2, -0.15) is 0 Å². The van der Waals surface area contributed by atoms with E-state index in [1.54, 1.807) is 0 Å². The van der Waals surface area contributed by atoms with Crippen LogP contribution in [-0.2, 0) is 25.9 Å². The van der Waals surface area contributed by atoms with E-state index in [0.717, 1.165) is 44.0 Å². The number of hydrogen-bond donors (Lipinski definition) is 1. The molecule has 3 rings (SSSR count). The minimum Gasteiger partial charge on any atom is -0.390 e. The second kappa shape index (κ2) is 8.52. The van der Waals surface area contributed by atoms with Crippen LogP contribution in [0.25, 0.3) is 0 Å². The molecule has 2 heterocycles. The summed E-state index contributed by atoms with van der Waals surface area (Å²) in [5.74, 6) is 0.906. The molecule has 1 atom stereocenters. The first kappa shape index (κ1) is 18.0. The lowest BCUT2D eigenvalue weighted by molar-refractivity contribution is 0.0742. The maximum Gasteiger partial charge on any atom is 0.128 e. The molecule has 0 bridgehead atoms. The predicted octanol–water partition coefficient (Wildman–Crippen LogP) is 1.89. The highest BCUT2D eigenvalue weighted by atomic mass is 16.3. The van der Waals surface area contributed by atoms with Gasteiger partial charge in [0.25, 0.3) is 0 Å². The maximum atomic E-state index is 10.5. The van der Waals surface area contributed by atoms with Crippen LogP contribution >= 0.6 is 0 Å². The van der Waals surface area contributed by atoms with Gasteiger partial charge in [-0.15, -0.1) is 0 Å². The van der Waals surface area contributed by atoms with Crippen molar-refractivity contribution in [2.45, 2.75) is 39.0 Å². The molecule has 1 aliphatic heterocycles. The SMILES string of the molecule is CCc1ncc2c(n1)CN(C[C@H](O)CN(C)Cc1ccccc1)CC2. The molecule has 1 aromatic heterocycles. The maximum absolute atomic E-state index is 10.5. The number of aliphatic hydroxyl groups is 1. The number of likely N-dealkylation sites (N-methyl/N-ethyl adjacent to an activating group) is 1. The molecule has 2 aromatic rings. The van der Waals surface area contributed by atoms with Crippen molar-refractivity contribution in [1.82, 2.24) is 19.8 Å². The average molecular weight is 340 g/mol. The summed E-state index contributed by atoms with van der Waals surface area (Å²) in [5, 5.41) is 10.5. The van der Waals surface area contributed by atoms with Crippen LogP contribution in [-0.4, -0.2) is 57.7 Å². The Morgan fingerprint density at radius 2 is 2.08 bits per heavy atom. The summed E-state index contributed by atoms with van der Waals surface area (Å²) < 4.78 is 0. The Hall–Kier alpha value is -1.82. The standard InChI is InChI=1S/C20H28N4O/c1-3-20-21-11-17-9-10-24(15-19(17)22-20)14-18(25)13-23(2)12-16-7-5-4-6-8-16/h4-8,11,18,25H,3,9-10,12-15H2,1-2H3/t18-/m1/s1. The van der Waals surface area contributed by atoms with E-state index in [9.17, 15) is 5.11 Å². The van der Waals surface area contributed by atoms with Crippen molar-refractivity contribution in [3.05, 3.63) is 59.2 Å². The van der Waals surface area contributed by atoms with Crippen molar-refractivity contribution >= 4 is 0 Å². The fourth-order valence-electron chi connectivity index (χ4n) is 3.40. The van der Waals surface area contributed by atoms with Gasteiger partial charge in [0, 0.05) is 45.3 Å². The molecule has 0 spiro atoms. The third kappa shape index (κ3) is 5.08. The number of fused-ring (bicyclic) bond motifs is 1. The molecule has 1 aromatic carbocycles.